The van der Waals surface area contributed by atoms with Gasteiger partial charge < -0.3 is 5.73 Å². The summed E-state index contributed by atoms with van der Waals surface area (Å²) < 4.78 is 0. The van der Waals surface area contributed by atoms with Gasteiger partial charge in [-0.2, -0.15) is 0 Å². The Labute approximate surface area is 130 Å². The first-order valence-corrected chi connectivity index (χ1v) is 6.67. The summed E-state index contributed by atoms with van der Waals surface area (Å²) in [6.45, 7) is 0. The lowest BCUT2D eigenvalue weighted by atomic mass is 10.2. The van der Waals surface area contributed by atoms with E-state index in [1.165, 1.54) is 12.1 Å². The van der Waals surface area contributed by atoms with E-state index in [0.717, 1.165) is 0 Å². The number of halogens is 3. The number of hydrogen-bond acceptors (Lipinski definition) is 3. The lowest BCUT2D eigenvalue weighted by molar-refractivity contribution is 0.0962. The molecular weight excluding hydrogens is 321 g/mol. The summed E-state index contributed by atoms with van der Waals surface area (Å²) in [5, 5.41) is 1.02. The van der Waals surface area contributed by atoms with Crippen LogP contribution in [-0.2, 0) is 0 Å². The molecule has 0 bridgehead atoms. The molecule has 0 heterocycles. The molecule has 7 heteroatoms. The predicted octanol–water partition coefficient (Wildman–Crippen LogP) is 3.99. The van der Waals surface area contributed by atoms with Crippen molar-refractivity contribution in [2.75, 3.05) is 11.2 Å². The number of nitrogen functional groups attached to an aromatic ring is 1. The smallest absolute Gasteiger partial charge is 0.269 e. The minimum Gasteiger partial charge on any atom is -0.399 e. The van der Waals surface area contributed by atoms with E-state index in [4.69, 9.17) is 40.5 Å². The van der Waals surface area contributed by atoms with Gasteiger partial charge in [-0.05, 0) is 36.4 Å². The normalized spacial score (nSPS) is 10.2. The van der Waals surface area contributed by atoms with Crippen molar-refractivity contribution in [3.8, 4) is 0 Å². The second kappa shape index (κ2) is 6.22. The highest BCUT2D eigenvalue weighted by molar-refractivity contribution is 6.41. The predicted molar refractivity (Wildman–Crippen MR) is 83.4 cm³/mol. The third-order valence-corrected chi connectivity index (χ3v) is 3.30. The van der Waals surface area contributed by atoms with Gasteiger partial charge in [0.1, 0.15) is 0 Å². The van der Waals surface area contributed by atoms with Gasteiger partial charge in [-0.15, -0.1) is 0 Å². The molecule has 0 aliphatic rings. The van der Waals surface area contributed by atoms with Crippen LogP contribution in [0.15, 0.2) is 36.4 Å². The van der Waals surface area contributed by atoms with Crippen LogP contribution in [0.2, 0.25) is 15.1 Å². The zero-order valence-electron chi connectivity index (χ0n) is 10.1. The second-order valence-corrected chi connectivity index (χ2v) is 5.20. The van der Waals surface area contributed by atoms with Crippen molar-refractivity contribution in [1.29, 1.82) is 0 Å². The molecule has 2 aromatic rings. The Morgan fingerprint density at radius 3 is 2.10 bits per heavy atom. The molecule has 0 aromatic heterocycles. The molecule has 20 heavy (non-hydrogen) atoms. The Balaban J connectivity index is 2.09. The van der Waals surface area contributed by atoms with Crippen LogP contribution in [0.3, 0.4) is 0 Å². The van der Waals surface area contributed by atoms with Crippen molar-refractivity contribution in [3.63, 3.8) is 0 Å². The minimum absolute atomic E-state index is 0.306. The number of nitrogens with two attached hydrogens (primary N) is 1. The number of carbonyl (C=O) groups excluding carboxylic acids is 1. The Hall–Kier alpha value is -1.62. The van der Waals surface area contributed by atoms with Gasteiger partial charge in [0, 0.05) is 16.3 Å². The Morgan fingerprint density at radius 2 is 1.55 bits per heavy atom. The van der Waals surface area contributed by atoms with Crippen LogP contribution < -0.4 is 16.6 Å². The average molecular weight is 331 g/mol. The molecule has 0 unspecified atom stereocenters. The van der Waals surface area contributed by atoms with Crippen LogP contribution >= 0.6 is 34.8 Å². The fraction of sp³-hybridized carbons (Fsp3) is 0. The van der Waals surface area contributed by atoms with E-state index in [0.29, 0.717) is 32.0 Å². The summed E-state index contributed by atoms with van der Waals surface area (Å²) in [5.74, 6) is -0.341. The van der Waals surface area contributed by atoms with Crippen molar-refractivity contribution in [2.45, 2.75) is 0 Å². The van der Waals surface area contributed by atoms with Crippen molar-refractivity contribution in [1.82, 2.24) is 5.43 Å². The number of hydrogen-bond donors (Lipinski definition) is 3. The third kappa shape index (κ3) is 3.48. The fourth-order valence-corrected chi connectivity index (χ4v) is 2.40. The molecule has 0 aliphatic carbocycles. The molecule has 1 amide bonds. The van der Waals surface area contributed by atoms with Gasteiger partial charge in [0.2, 0.25) is 0 Å². The summed E-state index contributed by atoms with van der Waals surface area (Å²) in [7, 11) is 0. The number of benzene rings is 2. The van der Waals surface area contributed by atoms with Gasteiger partial charge in [0.25, 0.3) is 5.91 Å². The lowest BCUT2D eigenvalue weighted by Crippen LogP contribution is -2.29. The maximum absolute atomic E-state index is 11.9. The summed E-state index contributed by atoms with van der Waals surface area (Å²) >= 11 is 17.8. The number of hydrazine groups is 1. The number of nitrogens with one attached hydrogen (secondary N) is 2. The number of carbonyl (C=O) groups is 1. The Kier molecular flexibility index (Phi) is 4.60. The first-order chi connectivity index (χ1) is 9.47. The van der Waals surface area contributed by atoms with E-state index in [1.54, 1.807) is 24.3 Å². The Bertz CT molecular complexity index is 621. The van der Waals surface area contributed by atoms with Gasteiger partial charge in [0.15, 0.2) is 0 Å². The average Bonchev–Trinajstić information content (AvgIpc) is 2.38. The monoisotopic (exact) mass is 329 g/mol. The summed E-state index contributed by atoms with van der Waals surface area (Å²) in [5.41, 5.74) is 12.1. The molecule has 104 valence electrons. The van der Waals surface area contributed by atoms with E-state index in [-0.39, 0.29) is 5.91 Å². The first-order valence-electron chi connectivity index (χ1n) is 5.54. The van der Waals surface area contributed by atoms with E-state index >= 15 is 0 Å². The van der Waals surface area contributed by atoms with Crippen LogP contribution in [0.5, 0.6) is 0 Å². The van der Waals surface area contributed by atoms with Crippen molar-refractivity contribution >= 4 is 52.1 Å². The van der Waals surface area contributed by atoms with Crippen LogP contribution in [0.25, 0.3) is 0 Å². The second-order valence-electron chi connectivity index (χ2n) is 3.95. The highest BCUT2D eigenvalue weighted by atomic mass is 35.5. The SMILES string of the molecule is Nc1ccc(C(=O)NNc2c(Cl)cc(Cl)cc2Cl)cc1. The topological polar surface area (TPSA) is 67.2 Å². The standard InChI is InChI=1S/C13H10Cl3N3O/c14-8-5-10(15)12(11(16)6-8)18-19-13(20)7-1-3-9(17)4-2-7/h1-6,18H,17H2,(H,19,20). The molecule has 2 aromatic carbocycles. The van der Waals surface area contributed by atoms with Gasteiger partial charge in [-0.3, -0.25) is 15.6 Å². The van der Waals surface area contributed by atoms with Crippen LogP contribution in [0, 0.1) is 0 Å². The maximum Gasteiger partial charge on any atom is 0.269 e. The molecule has 0 radical (unpaired) electrons. The van der Waals surface area contributed by atoms with E-state index in [1.807, 2.05) is 0 Å². The largest absolute Gasteiger partial charge is 0.399 e. The van der Waals surface area contributed by atoms with Gasteiger partial charge in [0.05, 0.1) is 15.7 Å². The third-order valence-electron chi connectivity index (χ3n) is 2.48. The van der Waals surface area contributed by atoms with Gasteiger partial charge >= 0.3 is 0 Å². The van der Waals surface area contributed by atoms with Crippen molar-refractivity contribution < 1.29 is 4.79 Å². The maximum atomic E-state index is 11.9. The molecule has 0 saturated carbocycles. The van der Waals surface area contributed by atoms with E-state index in [2.05, 4.69) is 10.9 Å². The summed E-state index contributed by atoms with van der Waals surface area (Å²) in [6, 6.07) is 9.53. The minimum atomic E-state index is -0.341. The highest BCUT2D eigenvalue weighted by Crippen LogP contribution is 2.33. The zero-order chi connectivity index (χ0) is 14.7. The van der Waals surface area contributed by atoms with Crippen molar-refractivity contribution in [3.05, 3.63) is 57.0 Å². The summed E-state index contributed by atoms with van der Waals surface area (Å²) in [4.78, 5) is 11.9. The van der Waals surface area contributed by atoms with E-state index < -0.39 is 0 Å². The molecular formula is C13H10Cl3N3O. The lowest BCUT2D eigenvalue weighted by Gasteiger charge is -2.12. The fourth-order valence-electron chi connectivity index (χ4n) is 1.49. The van der Waals surface area contributed by atoms with Gasteiger partial charge in [-0.1, -0.05) is 34.8 Å². The zero-order valence-corrected chi connectivity index (χ0v) is 12.4. The van der Waals surface area contributed by atoms with Crippen LogP contribution in [0.4, 0.5) is 11.4 Å². The van der Waals surface area contributed by atoms with Crippen LogP contribution in [-0.4, -0.2) is 5.91 Å². The molecule has 0 saturated heterocycles. The molecule has 4 nitrogen and oxygen atoms in total. The van der Waals surface area contributed by atoms with E-state index in [9.17, 15) is 4.79 Å². The first kappa shape index (κ1) is 14.8. The van der Waals surface area contributed by atoms with Crippen molar-refractivity contribution in [2.24, 2.45) is 0 Å². The molecule has 2 rings (SSSR count). The molecule has 4 N–H and O–H groups in total. The highest BCUT2D eigenvalue weighted by Gasteiger charge is 2.10. The molecule has 0 aliphatic heterocycles. The van der Waals surface area contributed by atoms with Gasteiger partial charge in [-0.25, -0.2) is 0 Å². The Morgan fingerprint density at radius 1 is 1.00 bits per heavy atom. The summed E-state index contributed by atoms with van der Waals surface area (Å²) in [6.07, 6.45) is 0. The molecule has 0 spiro atoms. The number of rotatable bonds is 3. The molecule has 0 atom stereocenters. The molecule has 0 fully saturated rings. The number of anilines is 2. The quantitative estimate of drug-likeness (QED) is 0.589. The number of amides is 1. The van der Waals surface area contributed by atoms with Crippen LogP contribution in [0.1, 0.15) is 10.4 Å².